The van der Waals surface area contributed by atoms with Crippen molar-refractivity contribution in [1.29, 1.82) is 0 Å². The van der Waals surface area contributed by atoms with E-state index in [-0.39, 0.29) is 5.91 Å². The van der Waals surface area contributed by atoms with Gasteiger partial charge in [0.05, 0.1) is 6.54 Å². The number of hydrogen-bond acceptors (Lipinski definition) is 4. The second-order valence-corrected chi connectivity index (χ2v) is 5.51. The van der Waals surface area contributed by atoms with Gasteiger partial charge in [0, 0.05) is 31.6 Å². The molecule has 22 heavy (non-hydrogen) atoms. The number of carbonyl (C=O) groups is 1. The Kier molecular flexibility index (Phi) is 2.92. The predicted molar refractivity (Wildman–Crippen MR) is 80.2 cm³/mol. The highest BCUT2D eigenvalue weighted by molar-refractivity contribution is 5.94. The molecule has 0 atom stereocenters. The molecule has 0 aliphatic carbocycles. The first-order valence-electron chi connectivity index (χ1n) is 7.33. The van der Waals surface area contributed by atoms with Crippen LogP contribution in [0.15, 0.2) is 24.4 Å². The molecule has 4 heterocycles. The largest absolute Gasteiger partial charge is 0.343 e. The predicted octanol–water partition coefficient (Wildman–Crippen LogP) is 1.04. The molecule has 3 aromatic rings. The lowest BCUT2D eigenvalue weighted by molar-refractivity contribution is 0.0945. The quantitative estimate of drug-likeness (QED) is 0.783. The fourth-order valence-electron chi connectivity index (χ4n) is 2.85. The van der Waals surface area contributed by atoms with E-state index in [0.29, 0.717) is 12.2 Å². The van der Waals surface area contributed by atoms with Gasteiger partial charge in [-0.2, -0.15) is 0 Å². The Morgan fingerprint density at radius 1 is 1.32 bits per heavy atom. The van der Waals surface area contributed by atoms with Crippen LogP contribution in [0.4, 0.5) is 0 Å². The van der Waals surface area contributed by atoms with Crippen LogP contribution in [0, 0.1) is 0 Å². The summed E-state index contributed by atoms with van der Waals surface area (Å²) in [5.41, 5.74) is 1.21. The summed E-state index contributed by atoms with van der Waals surface area (Å²) < 4.78 is 3.98. The van der Waals surface area contributed by atoms with Gasteiger partial charge < -0.3 is 14.5 Å². The number of amides is 1. The third-order valence-electron chi connectivity index (χ3n) is 4.04. The number of rotatable bonds is 3. The van der Waals surface area contributed by atoms with Gasteiger partial charge in [-0.15, -0.1) is 10.2 Å². The Morgan fingerprint density at radius 3 is 3.14 bits per heavy atom. The highest BCUT2D eigenvalue weighted by Gasteiger charge is 2.18. The standard InChI is InChI=1S/C15H16N6O/c1-20-8-6-10-4-5-11(17-14(10)20)15(22)16-9-13-19-18-12-3-2-7-21(12)13/h4-6,8H,2-3,7,9H2,1H3,(H,16,22). The molecule has 1 aliphatic heterocycles. The zero-order valence-corrected chi connectivity index (χ0v) is 12.3. The van der Waals surface area contributed by atoms with Crippen molar-refractivity contribution >= 4 is 16.9 Å². The van der Waals surface area contributed by atoms with Gasteiger partial charge in [0.15, 0.2) is 5.82 Å². The van der Waals surface area contributed by atoms with Gasteiger partial charge in [-0.3, -0.25) is 4.79 Å². The highest BCUT2D eigenvalue weighted by Crippen LogP contribution is 2.15. The first kappa shape index (κ1) is 13.0. The second-order valence-electron chi connectivity index (χ2n) is 5.51. The summed E-state index contributed by atoms with van der Waals surface area (Å²) in [6.45, 7) is 1.31. The third kappa shape index (κ3) is 2.05. The topological polar surface area (TPSA) is 77.6 Å². The summed E-state index contributed by atoms with van der Waals surface area (Å²) in [6, 6.07) is 5.63. The molecule has 3 aromatic heterocycles. The molecule has 1 N–H and O–H groups in total. The van der Waals surface area contributed by atoms with Crippen molar-refractivity contribution in [2.24, 2.45) is 7.05 Å². The molecule has 7 nitrogen and oxygen atoms in total. The maximum atomic E-state index is 12.3. The summed E-state index contributed by atoms with van der Waals surface area (Å²) in [5.74, 6) is 1.62. The molecule has 112 valence electrons. The summed E-state index contributed by atoms with van der Waals surface area (Å²) in [4.78, 5) is 16.7. The van der Waals surface area contributed by atoms with Crippen LogP contribution in [-0.4, -0.2) is 30.2 Å². The second kappa shape index (κ2) is 4.94. The molecule has 1 amide bonds. The monoisotopic (exact) mass is 296 g/mol. The first-order chi connectivity index (χ1) is 10.7. The van der Waals surface area contributed by atoms with Gasteiger partial charge in [0.2, 0.25) is 0 Å². The van der Waals surface area contributed by atoms with Crippen LogP contribution >= 0.6 is 0 Å². The molecule has 1 aliphatic rings. The van der Waals surface area contributed by atoms with E-state index in [9.17, 15) is 4.79 Å². The summed E-state index contributed by atoms with van der Waals surface area (Å²) in [7, 11) is 1.91. The van der Waals surface area contributed by atoms with Crippen LogP contribution in [0.2, 0.25) is 0 Å². The molecular weight excluding hydrogens is 280 g/mol. The van der Waals surface area contributed by atoms with Gasteiger partial charge in [-0.05, 0) is 24.6 Å². The lowest BCUT2D eigenvalue weighted by Gasteiger charge is -2.06. The minimum absolute atomic E-state index is 0.196. The van der Waals surface area contributed by atoms with Crippen molar-refractivity contribution in [1.82, 2.24) is 29.6 Å². The fraction of sp³-hybridized carbons (Fsp3) is 0.333. The lowest BCUT2D eigenvalue weighted by atomic mass is 10.3. The van der Waals surface area contributed by atoms with E-state index in [1.54, 1.807) is 6.07 Å². The molecule has 0 saturated carbocycles. The lowest BCUT2D eigenvalue weighted by Crippen LogP contribution is -2.25. The fourth-order valence-corrected chi connectivity index (χ4v) is 2.85. The smallest absolute Gasteiger partial charge is 0.270 e. The molecular formula is C15H16N6O. The summed E-state index contributed by atoms with van der Waals surface area (Å²) >= 11 is 0. The molecule has 0 aromatic carbocycles. The Labute approximate surface area is 127 Å². The number of aryl methyl sites for hydroxylation is 2. The number of fused-ring (bicyclic) bond motifs is 2. The van der Waals surface area contributed by atoms with Crippen LogP contribution in [0.25, 0.3) is 11.0 Å². The van der Waals surface area contributed by atoms with Crippen LogP contribution in [0.1, 0.15) is 28.6 Å². The van der Waals surface area contributed by atoms with Crippen molar-refractivity contribution < 1.29 is 4.79 Å². The van der Waals surface area contributed by atoms with Gasteiger partial charge in [0.1, 0.15) is 17.2 Å². The number of pyridine rings is 1. The van der Waals surface area contributed by atoms with Gasteiger partial charge in [0.25, 0.3) is 5.91 Å². The first-order valence-corrected chi connectivity index (χ1v) is 7.33. The maximum absolute atomic E-state index is 12.3. The van der Waals surface area contributed by atoms with E-state index < -0.39 is 0 Å². The Morgan fingerprint density at radius 2 is 2.23 bits per heavy atom. The van der Waals surface area contributed by atoms with E-state index in [2.05, 4.69) is 25.1 Å². The van der Waals surface area contributed by atoms with Crippen molar-refractivity contribution in [3.63, 3.8) is 0 Å². The van der Waals surface area contributed by atoms with E-state index >= 15 is 0 Å². The normalized spacial score (nSPS) is 13.5. The maximum Gasteiger partial charge on any atom is 0.270 e. The molecule has 7 heteroatoms. The molecule has 4 rings (SSSR count). The average Bonchev–Trinajstić information content (AvgIpc) is 3.21. The molecule has 0 radical (unpaired) electrons. The minimum Gasteiger partial charge on any atom is -0.343 e. The third-order valence-corrected chi connectivity index (χ3v) is 4.04. The van der Waals surface area contributed by atoms with Crippen LogP contribution in [0.3, 0.4) is 0 Å². The number of nitrogens with zero attached hydrogens (tertiary/aromatic N) is 5. The number of nitrogens with one attached hydrogen (secondary N) is 1. The van der Waals surface area contributed by atoms with E-state index in [4.69, 9.17) is 0 Å². The zero-order chi connectivity index (χ0) is 15.1. The zero-order valence-electron chi connectivity index (χ0n) is 12.3. The SMILES string of the molecule is Cn1ccc2ccc(C(=O)NCc3nnc4n3CCC4)nc21. The Bertz CT molecular complexity index is 862. The van der Waals surface area contributed by atoms with Crippen LogP contribution < -0.4 is 5.32 Å². The van der Waals surface area contributed by atoms with Crippen molar-refractivity contribution in [3.05, 3.63) is 41.7 Å². The van der Waals surface area contributed by atoms with Crippen molar-refractivity contribution in [3.8, 4) is 0 Å². The van der Waals surface area contributed by atoms with Gasteiger partial charge in [-0.1, -0.05) is 0 Å². The Hall–Kier alpha value is -2.70. The van der Waals surface area contributed by atoms with E-state index in [1.165, 1.54) is 0 Å². The van der Waals surface area contributed by atoms with Crippen molar-refractivity contribution in [2.45, 2.75) is 25.9 Å². The highest BCUT2D eigenvalue weighted by atomic mass is 16.1. The number of hydrogen-bond donors (Lipinski definition) is 1. The van der Waals surface area contributed by atoms with E-state index in [1.807, 2.05) is 29.9 Å². The van der Waals surface area contributed by atoms with Crippen LogP contribution in [-0.2, 0) is 26.6 Å². The van der Waals surface area contributed by atoms with E-state index in [0.717, 1.165) is 42.1 Å². The summed E-state index contributed by atoms with van der Waals surface area (Å²) in [6.07, 6.45) is 3.99. The minimum atomic E-state index is -0.196. The molecule has 0 bridgehead atoms. The van der Waals surface area contributed by atoms with Crippen molar-refractivity contribution in [2.75, 3.05) is 0 Å². The molecule has 0 spiro atoms. The summed E-state index contributed by atoms with van der Waals surface area (Å²) in [5, 5.41) is 12.2. The Balaban J connectivity index is 1.52. The molecule has 0 unspecified atom stereocenters. The van der Waals surface area contributed by atoms with Gasteiger partial charge >= 0.3 is 0 Å². The average molecular weight is 296 g/mol. The number of carbonyl (C=O) groups excluding carboxylic acids is 1. The van der Waals surface area contributed by atoms with Crippen LogP contribution in [0.5, 0.6) is 0 Å². The van der Waals surface area contributed by atoms with Gasteiger partial charge in [-0.25, -0.2) is 4.98 Å². The molecule has 0 fully saturated rings. The number of aromatic nitrogens is 5. The molecule has 0 saturated heterocycles.